The van der Waals surface area contributed by atoms with Crippen LogP contribution in [0.4, 0.5) is 5.69 Å². The average molecular weight is 420 g/mol. The summed E-state index contributed by atoms with van der Waals surface area (Å²) < 4.78 is 0. The molecule has 0 spiro atoms. The van der Waals surface area contributed by atoms with Gasteiger partial charge in [0.25, 0.3) is 0 Å². The van der Waals surface area contributed by atoms with Gasteiger partial charge < -0.3 is 0 Å². The molecule has 0 radical (unpaired) electrons. The number of allylic oxidation sites excluding steroid dienone is 4. The highest BCUT2D eigenvalue weighted by Gasteiger charge is 2.63. The molecule has 4 atom stereocenters. The number of imide groups is 1. The van der Waals surface area contributed by atoms with E-state index in [4.69, 9.17) is 11.6 Å². The number of hydrogen-bond acceptors (Lipinski definition) is 2. The van der Waals surface area contributed by atoms with Crippen LogP contribution in [0.1, 0.15) is 37.7 Å². The number of nitrogens with zero attached hydrogens (tertiary/aromatic N) is 1. The highest BCUT2D eigenvalue weighted by molar-refractivity contribution is 6.32. The predicted octanol–water partition coefficient (Wildman–Crippen LogP) is 5.32. The Bertz CT molecular complexity index is 1000. The van der Waals surface area contributed by atoms with Crippen molar-refractivity contribution in [1.29, 1.82) is 0 Å². The molecule has 1 heterocycles. The van der Waals surface area contributed by atoms with Crippen molar-refractivity contribution in [3.05, 3.63) is 52.1 Å². The third kappa shape index (κ3) is 2.12. The van der Waals surface area contributed by atoms with Gasteiger partial charge in [-0.05, 0) is 80.4 Å². The van der Waals surface area contributed by atoms with Crippen LogP contribution in [0.15, 0.2) is 41.5 Å². The summed E-state index contributed by atoms with van der Waals surface area (Å²) in [7, 11) is 0. The van der Waals surface area contributed by atoms with Crippen LogP contribution in [0.5, 0.6) is 0 Å². The largest absolute Gasteiger partial charge is 0.274 e. The zero-order chi connectivity index (χ0) is 20.3. The van der Waals surface area contributed by atoms with E-state index in [9.17, 15) is 9.59 Å². The second-order valence-corrected chi connectivity index (χ2v) is 11.1. The summed E-state index contributed by atoms with van der Waals surface area (Å²) in [6.45, 7) is 1.93. The maximum atomic E-state index is 13.5. The van der Waals surface area contributed by atoms with Gasteiger partial charge in [-0.15, -0.1) is 0 Å². The number of carbonyl (C=O) groups excluding carboxylic acids is 2. The molecular formula is C26H26ClNO2. The lowest BCUT2D eigenvalue weighted by molar-refractivity contribution is -0.122. The van der Waals surface area contributed by atoms with Crippen LogP contribution in [-0.4, -0.2) is 11.8 Å². The number of hydrogen-bond donors (Lipinski definition) is 0. The highest BCUT2D eigenvalue weighted by atomic mass is 35.5. The Morgan fingerprint density at radius 3 is 1.93 bits per heavy atom. The van der Waals surface area contributed by atoms with Crippen molar-refractivity contribution in [1.82, 2.24) is 0 Å². The van der Waals surface area contributed by atoms with E-state index in [0.29, 0.717) is 10.7 Å². The third-order valence-electron chi connectivity index (χ3n) is 9.18. The van der Waals surface area contributed by atoms with Crippen LogP contribution in [0, 0.1) is 54.3 Å². The zero-order valence-corrected chi connectivity index (χ0v) is 17.9. The van der Waals surface area contributed by atoms with Gasteiger partial charge in [0.2, 0.25) is 11.8 Å². The molecule has 0 unspecified atom stereocenters. The Morgan fingerprint density at radius 1 is 0.833 bits per heavy atom. The second-order valence-electron chi connectivity index (χ2n) is 10.6. The number of halogens is 1. The van der Waals surface area contributed by atoms with E-state index in [2.05, 4.69) is 12.2 Å². The number of carbonyl (C=O) groups is 2. The molecule has 1 aliphatic heterocycles. The molecule has 4 heteroatoms. The first-order valence-corrected chi connectivity index (χ1v) is 11.9. The molecule has 3 nitrogen and oxygen atoms in total. The zero-order valence-electron chi connectivity index (χ0n) is 17.2. The third-order valence-corrected chi connectivity index (χ3v) is 9.59. The van der Waals surface area contributed by atoms with Crippen LogP contribution in [0.3, 0.4) is 0 Å². The standard InChI is InChI=1S/C26H26ClNO2/c1-12-2-3-17(11-20(12)27)28-25(29)23-18-4-5-19(24(23)26(28)30)22(18)21-15-7-13-6-14(9-15)10-16(21)8-13/h2-5,11,13-16,18-19,23-24H,6-10H2,1H3/t13?,14?,15?,16?,18-,19-,23+,24+/m0/s1. The summed E-state index contributed by atoms with van der Waals surface area (Å²) in [5.74, 6) is 3.08. The number of anilines is 1. The van der Waals surface area contributed by atoms with E-state index < -0.39 is 0 Å². The maximum Gasteiger partial charge on any atom is 0.238 e. The van der Waals surface area contributed by atoms with Crippen molar-refractivity contribution in [2.45, 2.75) is 39.0 Å². The van der Waals surface area contributed by atoms with Crippen molar-refractivity contribution in [2.24, 2.45) is 47.3 Å². The van der Waals surface area contributed by atoms with Crippen LogP contribution >= 0.6 is 11.6 Å². The van der Waals surface area contributed by atoms with E-state index in [1.807, 2.05) is 19.1 Å². The van der Waals surface area contributed by atoms with Crippen molar-refractivity contribution in [3.63, 3.8) is 0 Å². The van der Waals surface area contributed by atoms with E-state index in [0.717, 1.165) is 29.2 Å². The van der Waals surface area contributed by atoms with Gasteiger partial charge in [0.05, 0.1) is 17.5 Å². The minimum atomic E-state index is -0.215. The van der Waals surface area contributed by atoms with Crippen LogP contribution in [0.25, 0.3) is 0 Å². The van der Waals surface area contributed by atoms with Crippen molar-refractivity contribution in [2.75, 3.05) is 4.90 Å². The summed E-state index contributed by atoms with van der Waals surface area (Å²) >= 11 is 6.30. The Hall–Kier alpha value is -1.87. The van der Waals surface area contributed by atoms with E-state index >= 15 is 0 Å². The van der Waals surface area contributed by atoms with Crippen molar-refractivity contribution in [3.8, 4) is 0 Å². The fraction of sp³-hybridized carbons (Fsp3) is 0.538. The fourth-order valence-corrected chi connectivity index (χ4v) is 8.46. The molecule has 5 saturated carbocycles. The van der Waals surface area contributed by atoms with Crippen molar-refractivity contribution >= 4 is 29.1 Å². The Balaban J connectivity index is 1.28. The van der Waals surface area contributed by atoms with Gasteiger partial charge in [-0.2, -0.15) is 0 Å². The smallest absolute Gasteiger partial charge is 0.238 e. The van der Waals surface area contributed by atoms with Gasteiger partial charge in [-0.3, -0.25) is 9.59 Å². The minimum Gasteiger partial charge on any atom is -0.274 e. The van der Waals surface area contributed by atoms with Crippen LogP contribution in [0.2, 0.25) is 5.02 Å². The van der Waals surface area contributed by atoms with E-state index in [-0.39, 0.29) is 35.5 Å². The minimum absolute atomic E-state index is 0.0244. The lowest BCUT2D eigenvalue weighted by Gasteiger charge is -2.52. The monoisotopic (exact) mass is 419 g/mol. The summed E-state index contributed by atoms with van der Waals surface area (Å²) in [4.78, 5) is 28.5. The van der Waals surface area contributed by atoms with Crippen molar-refractivity contribution < 1.29 is 9.59 Å². The fourth-order valence-electron chi connectivity index (χ4n) is 8.29. The molecule has 6 bridgehead atoms. The summed E-state index contributed by atoms with van der Waals surface area (Å²) in [6, 6.07) is 5.51. The number of aryl methyl sites for hydroxylation is 1. The summed E-state index contributed by atoms with van der Waals surface area (Å²) in [6.07, 6.45) is 11.3. The molecule has 0 aromatic heterocycles. The maximum absolute atomic E-state index is 13.5. The predicted molar refractivity (Wildman–Crippen MR) is 116 cm³/mol. The Kier molecular flexibility index (Phi) is 3.48. The first-order valence-electron chi connectivity index (χ1n) is 11.6. The normalized spacial score (nSPS) is 42.8. The molecule has 1 aromatic rings. The number of benzene rings is 1. The molecule has 6 aliphatic carbocycles. The quantitative estimate of drug-likeness (QED) is 0.456. The molecular weight excluding hydrogens is 394 g/mol. The van der Waals surface area contributed by atoms with E-state index in [1.165, 1.54) is 42.6 Å². The van der Waals surface area contributed by atoms with Gasteiger partial charge in [0.15, 0.2) is 0 Å². The molecule has 8 rings (SSSR count). The first kappa shape index (κ1) is 17.8. The number of amides is 2. The van der Waals surface area contributed by atoms with Gasteiger partial charge >= 0.3 is 0 Å². The van der Waals surface area contributed by atoms with Gasteiger partial charge in [0.1, 0.15) is 0 Å². The Labute approximate surface area is 182 Å². The van der Waals surface area contributed by atoms with Gasteiger partial charge in [-0.1, -0.05) is 41.0 Å². The van der Waals surface area contributed by atoms with E-state index in [1.54, 1.807) is 11.6 Å². The lowest BCUT2D eigenvalue weighted by Crippen LogP contribution is -2.41. The molecule has 30 heavy (non-hydrogen) atoms. The molecule has 154 valence electrons. The number of rotatable bonds is 1. The summed E-state index contributed by atoms with van der Waals surface area (Å²) in [5.41, 5.74) is 4.75. The first-order chi connectivity index (χ1) is 14.5. The molecule has 1 saturated heterocycles. The van der Waals surface area contributed by atoms with Crippen LogP contribution in [-0.2, 0) is 9.59 Å². The SMILES string of the molecule is Cc1ccc(N2C(=O)[C@H]3[C@H](C2=O)[C@H]2C=C[C@H]3C2=C2C3CC4CC(C3)CC2C4)cc1Cl. The molecule has 7 aliphatic rings. The molecule has 2 amide bonds. The Morgan fingerprint density at radius 2 is 1.40 bits per heavy atom. The second kappa shape index (κ2) is 5.88. The van der Waals surface area contributed by atoms with Gasteiger partial charge in [-0.25, -0.2) is 4.90 Å². The highest BCUT2D eigenvalue weighted by Crippen LogP contribution is 2.63. The molecule has 0 N–H and O–H groups in total. The average Bonchev–Trinajstić information content (AvgIpc) is 3.33. The van der Waals surface area contributed by atoms with Gasteiger partial charge in [0, 0.05) is 16.9 Å². The molecule has 1 aromatic carbocycles. The van der Waals surface area contributed by atoms with Crippen LogP contribution < -0.4 is 4.90 Å². The summed E-state index contributed by atoms with van der Waals surface area (Å²) in [5, 5.41) is 0.600. The topological polar surface area (TPSA) is 37.4 Å². The number of fused-ring (bicyclic) bond motifs is 5. The lowest BCUT2D eigenvalue weighted by atomic mass is 9.53. The molecule has 6 fully saturated rings.